The third-order valence-corrected chi connectivity index (χ3v) is 1.47. The molecule has 0 unspecified atom stereocenters. The molecular weight excluding hydrogens is 168 g/mol. The van der Waals surface area contributed by atoms with E-state index in [4.69, 9.17) is 0 Å². The molecule has 70 valence electrons. The number of hydrogen-bond donors (Lipinski definition) is 3. The van der Waals surface area contributed by atoms with Crippen molar-refractivity contribution in [3.05, 3.63) is 24.4 Å². The predicted octanol–water partition coefficient (Wildman–Crippen LogP) is 1.03. The van der Waals surface area contributed by atoms with Crippen molar-refractivity contribution in [2.75, 3.05) is 11.9 Å². The second kappa shape index (κ2) is 4.30. The Morgan fingerprint density at radius 2 is 2.62 bits per heavy atom. The molecule has 0 fully saturated rings. The minimum Gasteiger partial charge on any atom is -0.334 e. The van der Waals surface area contributed by atoms with Crippen LogP contribution in [0.1, 0.15) is 5.56 Å². The molecule has 0 atom stereocenters. The topological polar surface area (TPSA) is 69.8 Å². The number of rotatable bonds is 3. The summed E-state index contributed by atoms with van der Waals surface area (Å²) in [7, 11) is 0. The molecule has 0 aliphatic carbocycles. The fourth-order valence-electron chi connectivity index (χ4n) is 0.796. The van der Waals surface area contributed by atoms with Crippen molar-refractivity contribution in [3.63, 3.8) is 0 Å². The van der Waals surface area contributed by atoms with E-state index in [1.165, 1.54) is 0 Å². The number of aromatic amines is 1. The van der Waals surface area contributed by atoms with Crippen LogP contribution in [-0.4, -0.2) is 22.8 Å². The second-order valence-corrected chi connectivity index (χ2v) is 2.55. The summed E-state index contributed by atoms with van der Waals surface area (Å²) >= 11 is 0. The number of carbonyl (C=O) groups excluding carboxylic acids is 1. The van der Waals surface area contributed by atoms with Crippen LogP contribution in [0.5, 0.6) is 0 Å². The minimum atomic E-state index is -0.271. The third-order valence-electron chi connectivity index (χ3n) is 1.47. The number of nitrogens with one attached hydrogen (secondary N) is 3. The summed E-state index contributed by atoms with van der Waals surface area (Å²) in [5.41, 5.74) is 0.897. The van der Waals surface area contributed by atoms with Gasteiger partial charge < -0.3 is 5.32 Å². The molecule has 2 amide bonds. The zero-order valence-corrected chi connectivity index (χ0v) is 7.42. The third kappa shape index (κ3) is 2.62. The van der Waals surface area contributed by atoms with Gasteiger partial charge in [-0.2, -0.15) is 5.10 Å². The van der Waals surface area contributed by atoms with Gasteiger partial charge >= 0.3 is 6.03 Å². The van der Waals surface area contributed by atoms with E-state index >= 15 is 0 Å². The van der Waals surface area contributed by atoms with E-state index in [-0.39, 0.29) is 6.03 Å². The van der Waals surface area contributed by atoms with Crippen molar-refractivity contribution in [3.8, 4) is 0 Å². The summed E-state index contributed by atoms with van der Waals surface area (Å²) in [5, 5.41) is 11.6. The van der Waals surface area contributed by atoms with Gasteiger partial charge in [-0.3, -0.25) is 10.4 Å². The summed E-state index contributed by atoms with van der Waals surface area (Å²) in [6.45, 7) is 5.78. The predicted molar refractivity (Wildman–Crippen MR) is 50.5 cm³/mol. The van der Waals surface area contributed by atoms with E-state index in [2.05, 4.69) is 27.4 Å². The molecule has 1 heterocycles. The highest BCUT2D eigenvalue weighted by molar-refractivity contribution is 5.88. The van der Waals surface area contributed by atoms with Crippen molar-refractivity contribution in [1.82, 2.24) is 15.5 Å². The fourth-order valence-corrected chi connectivity index (χ4v) is 0.796. The van der Waals surface area contributed by atoms with E-state index in [0.717, 1.165) is 5.56 Å². The first-order chi connectivity index (χ1) is 6.24. The summed E-state index contributed by atoms with van der Waals surface area (Å²) in [6, 6.07) is -0.271. The van der Waals surface area contributed by atoms with Gasteiger partial charge in [-0.15, -0.1) is 6.58 Å². The summed E-state index contributed by atoms with van der Waals surface area (Å²) in [4.78, 5) is 11.1. The van der Waals surface area contributed by atoms with Gasteiger partial charge in [-0.25, -0.2) is 4.79 Å². The Kier molecular flexibility index (Phi) is 3.08. The molecule has 1 aromatic rings. The van der Waals surface area contributed by atoms with Crippen LogP contribution in [0.15, 0.2) is 18.9 Å². The first kappa shape index (κ1) is 9.31. The molecule has 1 aromatic heterocycles. The van der Waals surface area contributed by atoms with E-state index in [9.17, 15) is 4.79 Å². The number of hydrogen-bond acceptors (Lipinski definition) is 2. The molecule has 1 rings (SSSR count). The van der Waals surface area contributed by atoms with Gasteiger partial charge in [0.15, 0.2) is 0 Å². The summed E-state index contributed by atoms with van der Waals surface area (Å²) < 4.78 is 0. The fraction of sp³-hybridized carbons (Fsp3) is 0.250. The van der Waals surface area contributed by atoms with Crippen molar-refractivity contribution < 1.29 is 4.79 Å². The first-order valence-electron chi connectivity index (χ1n) is 3.89. The molecule has 0 saturated carbocycles. The van der Waals surface area contributed by atoms with Gasteiger partial charge in [0.2, 0.25) is 0 Å². The molecule has 5 nitrogen and oxygen atoms in total. The molecule has 0 radical (unpaired) electrons. The Labute approximate surface area is 76.2 Å². The maximum absolute atomic E-state index is 11.1. The first-order valence-corrected chi connectivity index (χ1v) is 3.89. The normalized spacial score (nSPS) is 9.31. The van der Waals surface area contributed by atoms with Crippen molar-refractivity contribution in [1.29, 1.82) is 0 Å². The van der Waals surface area contributed by atoms with Crippen LogP contribution in [-0.2, 0) is 0 Å². The number of urea groups is 1. The number of anilines is 1. The van der Waals surface area contributed by atoms with Gasteiger partial charge in [-0.1, -0.05) is 6.08 Å². The minimum absolute atomic E-state index is 0.271. The lowest BCUT2D eigenvalue weighted by Crippen LogP contribution is -2.29. The van der Waals surface area contributed by atoms with Crippen LogP contribution in [0.2, 0.25) is 0 Å². The van der Waals surface area contributed by atoms with Crippen LogP contribution in [0.4, 0.5) is 10.6 Å². The number of H-pyrrole nitrogens is 1. The van der Waals surface area contributed by atoms with Crippen molar-refractivity contribution >= 4 is 11.8 Å². The molecule has 0 saturated heterocycles. The van der Waals surface area contributed by atoms with E-state index in [1.807, 2.05) is 6.92 Å². The number of aryl methyl sites for hydroxylation is 1. The quantitative estimate of drug-likeness (QED) is 0.608. The van der Waals surface area contributed by atoms with Crippen LogP contribution in [0.25, 0.3) is 0 Å². The molecule has 0 spiro atoms. The summed E-state index contributed by atoms with van der Waals surface area (Å²) in [5.74, 6) is 0.613. The zero-order chi connectivity index (χ0) is 9.68. The van der Waals surface area contributed by atoms with Gasteiger partial charge in [0.05, 0.1) is 6.20 Å². The van der Waals surface area contributed by atoms with Gasteiger partial charge in [0, 0.05) is 12.1 Å². The average Bonchev–Trinajstić information content (AvgIpc) is 2.48. The van der Waals surface area contributed by atoms with Crippen LogP contribution < -0.4 is 10.6 Å². The highest BCUT2D eigenvalue weighted by Gasteiger charge is 2.03. The molecule has 13 heavy (non-hydrogen) atoms. The highest BCUT2D eigenvalue weighted by atomic mass is 16.2. The zero-order valence-electron chi connectivity index (χ0n) is 7.42. The largest absolute Gasteiger partial charge is 0.334 e. The Hall–Kier alpha value is -1.78. The molecule has 0 aliphatic rings. The Morgan fingerprint density at radius 1 is 1.85 bits per heavy atom. The molecular formula is C8H12N4O. The Morgan fingerprint density at radius 3 is 3.15 bits per heavy atom. The summed E-state index contributed by atoms with van der Waals surface area (Å²) in [6.07, 6.45) is 3.25. The lowest BCUT2D eigenvalue weighted by atomic mass is 10.4. The van der Waals surface area contributed by atoms with Crippen molar-refractivity contribution in [2.24, 2.45) is 0 Å². The van der Waals surface area contributed by atoms with Gasteiger partial charge in [0.25, 0.3) is 0 Å². The Balaban J connectivity index is 2.45. The number of aromatic nitrogens is 2. The van der Waals surface area contributed by atoms with E-state index < -0.39 is 0 Å². The second-order valence-electron chi connectivity index (χ2n) is 2.55. The number of nitrogens with zero attached hydrogens (tertiary/aromatic N) is 1. The smallest absolute Gasteiger partial charge is 0.320 e. The van der Waals surface area contributed by atoms with E-state index in [1.54, 1.807) is 12.3 Å². The van der Waals surface area contributed by atoms with Crippen LogP contribution in [0, 0.1) is 6.92 Å². The maximum atomic E-state index is 11.1. The average molecular weight is 180 g/mol. The van der Waals surface area contributed by atoms with E-state index in [0.29, 0.717) is 12.4 Å². The Bertz CT molecular complexity index is 305. The molecule has 0 bridgehead atoms. The molecule has 0 aliphatic heterocycles. The lowest BCUT2D eigenvalue weighted by molar-refractivity contribution is 0.253. The molecule has 3 N–H and O–H groups in total. The molecule has 5 heteroatoms. The van der Waals surface area contributed by atoms with Gasteiger partial charge in [-0.05, 0) is 6.92 Å². The van der Waals surface area contributed by atoms with Crippen LogP contribution in [0.3, 0.4) is 0 Å². The SMILES string of the molecule is C=CCNC(=O)Nc1[nH]ncc1C. The lowest BCUT2D eigenvalue weighted by Gasteiger charge is -2.03. The maximum Gasteiger partial charge on any atom is 0.320 e. The standard InChI is InChI=1S/C8H12N4O/c1-3-4-9-8(13)11-7-6(2)5-10-12-7/h3,5H,1,4H2,2H3,(H3,9,10,11,12,13). The number of carbonyl (C=O) groups is 1. The van der Waals surface area contributed by atoms with Gasteiger partial charge in [0.1, 0.15) is 5.82 Å². The number of amides is 2. The highest BCUT2D eigenvalue weighted by Crippen LogP contribution is 2.07. The van der Waals surface area contributed by atoms with Crippen molar-refractivity contribution in [2.45, 2.75) is 6.92 Å². The monoisotopic (exact) mass is 180 g/mol. The molecule has 0 aromatic carbocycles. The van der Waals surface area contributed by atoms with Crippen LogP contribution >= 0.6 is 0 Å².